The van der Waals surface area contributed by atoms with Crippen molar-refractivity contribution in [1.82, 2.24) is 0 Å². The Morgan fingerprint density at radius 1 is 0.322 bits per heavy atom. The van der Waals surface area contributed by atoms with Crippen LogP contribution in [0.1, 0.15) is 290 Å². The van der Waals surface area contributed by atoms with Crippen molar-refractivity contribution < 1.29 is 28.6 Å². The lowest BCUT2D eigenvalue weighted by molar-refractivity contribution is -0.167. The largest absolute Gasteiger partial charge is 0.462 e. The zero-order valence-electron chi connectivity index (χ0n) is 39.8. The summed E-state index contributed by atoms with van der Waals surface area (Å²) in [5.41, 5.74) is 0. The van der Waals surface area contributed by atoms with Gasteiger partial charge in [-0.1, -0.05) is 238 Å². The van der Waals surface area contributed by atoms with Crippen LogP contribution in [0.25, 0.3) is 0 Å². The number of ether oxygens (including phenoxy) is 3. The Balaban J connectivity index is 4.04. The van der Waals surface area contributed by atoms with E-state index in [2.05, 4.69) is 32.9 Å². The van der Waals surface area contributed by atoms with E-state index in [0.717, 1.165) is 64.2 Å². The summed E-state index contributed by atoms with van der Waals surface area (Å²) in [5, 5.41) is 0. The third-order valence-corrected chi connectivity index (χ3v) is 11.8. The molecule has 0 aromatic carbocycles. The molecule has 0 aromatic rings. The molecular weight excluding hydrogens is 733 g/mol. The van der Waals surface area contributed by atoms with E-state index in [1.54, 1.807) is 0 Å². The molecule has 0 aliphatic rings. The van der Waals surface area contributed by atoms with E-state index < -0.39 is 6.10 Å². The highest BCUT2D eigenvalue weighted by Crippen LogP contribution is 2.16. The molecule has 0 rings (SSSR count). The SMILES string of the molecule is CCCCCCCCCC/C=C\CCCCCCCCCCCCCC(=O)OCC(COC(=O)CCCCCCC)OC(=O)CCCCCCCCCCCCCCC. The van der Waals surface area contributed by atoms with Gasteiger partial charge in [0.25, 0.3) is 0 Å². The maximum atomic E-state index is 12.7. The molecule has 0 bridgehead atoms. The summed E-state index contributed by atoms with van der Waals surface area (Å²) < 4.78 is 16.7. The van der Waals surface area contributed by atoms with E-state index in [9.17, 15) is 14.4 Å². The van der Waals surface area contributed by atoms with E-state index in [0.29, 0.717) is 19.3 Å². The van der Waals surface area contributed by atoms with Gasteiger partial charge < -0.3 is 14.2 Å². The minimum Gasteiger partial charge on any atom is -0.462 e. The molecule has 6 nitrogen and oxygen atoms in total. The van der Waals surface area contributed by atoms with Crippen molar-refractivity contribution in [2.75, 3.05) is 13.2 Å². The van der Waals surface area contributed by atoms with Crippen molar-refractivity contribution in [3.05, 3.63) is 12.2 Å². The van der Waals surface area contributed by atoms with Crippen LogP contribution >= 0.6 is 0 Å². The van der Waals surface area contributed by atoms with E-state index >= 15 is 0 Å². The van der Waals surface area contributed by atoms with Crippen LogP contribution < -0.4 is 0 Å². The molecular formula is C53H100O6. The van der Waals surface area contributed by atoms with Crippen LogP contribution in [-0.2, 0) is 28.6 Å². The highest BCUT2D eigenvalue weighted by molar-refractivity contribution is 5.71. The first-order valence-electron chi connectivity index (χ1n) is 26.2. The van der Waals surface area contributed by atoms with Crippen molar-refractivity contribution in [3.63, 3.8) is 0 Å². The van der Waals surface area contributed by atoms with Crippen molar-refractivity contribution in [2.24, 2.45) is 0 Å². The van der Waals surface area contributed by atoms with Gasteiger partial charge in [0.15, 0.2) is 6.10 Å². The van der Waals surface area contributed by atoms with Crippen LogP contribution in [0.5, 0.6) is 0 Å². The summed E-state index contributed by atoms with van der Waals surface area (Å²) in [4.78, 5) is 37.6. The fourth-order valence-corrected chi connectivity index (χ4v) is 7.79. The van der Waals surface area contributed by atoms with Crippen LogP contribution in [-0.4, -0.2) is 37.2 Å². The second kappa shape index (κ2) is 48.8. The van der Waals surface area contributed by atoms with Gasteiger partial charge in [-0.25, -0.2) is 0 Å². The van der Waals surface area contributed by atoms with Gasteiger partial charge in [0.05, 0.1) is 0 Å². The fourth-order valence-electron chi connectivity index (χ4n) is 7.79. The first kappa shape index (κ1) is 57.1. The quantitative estimate of drug-likeness (QED) is 0.0263. The van der Waals surface area contributed by atoms with Gasteiger partial charge in [-0.05, 0) is 44.9 Å². The number of hydrogen-bond donors (Lipinski definition) is 0. The van der Waals surface area contributed by atoms with E-state index in [1.165, 1.54) is 186 Å². The molecule has 59 heavy (non-hydrogen) atoms. The molecule has 0 aliphatic carbocycles. The van der Waals surface area contributed by atoms with Crippen LogP contribution in [0.15, 0.2) is 12.2 Å². The lowest BCUT2D eigenvalue weighted by Crippen LogP contribution is -2.30. The first-order chi connectivity index (χ1) is 29.0. The van der Waals surface area contributed by atoms with Crippen molar-refractivity contribution in [2.45, 2.75) is 297 Å². The normalized spacial score (nSPS) is 12.0. The summed E-state index contributed by atoms with van der Waals surface area (Å²) >= 11 is 0. The Bertz CT molecular complexity index is 916. The molecule has 348 valence electrons. The third kappa shape index (κ3) is 47.1. The molecule has 0 radical (unpaired) electrons. The molecule has 0 amide bonds. The minimum atomic E-state index is -0.760. The molecule has 0 saturated carbocycles. The number of carbonyl (C=O) groups is 3. The molecule has 6 heteroatoms. The van der Waals surface area contributed by atoms with Gasteiger partial charge in [-0.3, -0.25) is 14.4 Å². The van der Waals surface area contributed by atoms with Gasteiger partial charge in [-0.2, -0.15) is 0 Å². The number of rotatable bonds is 48. The smallest absolute Gasteiger partial charge is 0.306 e. The molecule has 1 atom stereocenters. The van der Waals surface area contributed by atoms with Crippen LogP contribution in [0.3, 0.4) is 0 Å². The second-order valence-corrected chi connectivity index (χ2v) is 17.8. The van der Waals surface area contributed by atoms with E-state index in [4.69, 9.17) is 14.2 Å². The lowest BCUT2D eigenvalue weighted by atomic mass is 10.0. The number of carbonyl (C=O) groups excluding carboxylic acids is 3. The molecule has 0 spiro atoms. The molecule has 1 unspecified atom stereocenters. The standard InChI is InChI=1S/C53H100O6/c1-4-7-10-13-15-17-19-21-22-23-24-25-26-27-28-29-30-32-33-35-37-40-43-46-52(55)58-49-50(48-57-51(54)45-42-39-12-9-6-3)59-53(56)47-44-41-38-36-34-31-20-18-16-14-11-8-5-2/h23-24,50H,4-22,25-49H2,1-3H3/b24-23-. The van der Waals surface area contributed by atoms with Crippen molar-refractivity contribution >= 4 is 17.9 Å². The van der Waals surface area contributed by atoms with Crippen LogP contribution in [0, 0.1) is 0 Å². The molecule has 0 N–H and O–H groups in total. The molecule has 0 fully saturated rings. The Kier molecular flexibility index (Phi) is 47.3. The van der Waals surface area contributed by atoms with Gasteiger partial charge in [0, 0.05) is 19.3 Å². The topological polar surface area (TPSA) is 78.9 Å². The predicted molar refractivity (Wildman–Crippen MR) is 252 cm³/mol. The highest BCUT2D eigenvalue weighted by atomic mass is 16.6. The third-order valence-electron chi connectivity index (χ3n) is 11.8. The molecule has 0 aliphatic heterocycles. The molecule has 0 aromatic heterocycles. The summed E-state index contributed by atoms with van der Waals surface area (Å²) in [6, 6.07) is 0. The number of esters is 3. The Labute approximate surface area is 367 Å². The predicted octanol–water partition coefficient (Wildman–Crippen LogP) is 17.0. The first-order valence-corrected chi connectivity index (χ1v) is 26.2. The zero-order chi connectivity index (χ0) is 43.0. The van der Waals surface area contributed by atoms with Crippen LogP contribution in [0.4, 0.5) is 0 Å². The fraction of sp³-hybridized carbons (Fsp3) is 0.906. The summed E-state index contributed by atoms with van der Waals surface area (Å²) in [6.45, 7) is 6.58. The van der Waals surface area contributed by atoms with Gasteiger partial charge >= 0.3 is 17.9 Å². The zero-order valence-corrected chi connectivity index (χ0v) is 39.8. The monoisotopic (exact) mass is 833 g/mol. The van der Waals surface area contributed by atoms with Crippen molar-refractivity contribution in [1.29, 1.82) is 0 Å². The average Bonchev–Trinajstić information content (AvgIpc) is 3.23. The Morgan fingerprint density at radius 2 is 0.559 bits per heavy atom. The van der Waals surface area contributed by atoms with Gasteiger partial charge in [-0.15, -0.1) is 0 Å². The summed E-state index contributed by atoms with van der Waals surface area (Å²) in [7, 11) is 0. The number of unbranched alkanes of at least 4 members (excludes halogenated alkanes) is 35. The van der Waals surface area contributed by atoms with E-state index in [-0.39, 0.29) is 31.1 Å². The lowest BCUT2D eigenvalue weighted by Gasteiger charge is -2.18. The summed E-state index contributed by atoms with van der Waals surface area (Å²) in [6.07, 6.45) is 53.8. The number of hydrogen-bond acceptors (Lipinski definition) is 6. The van der Waals surface area contributed by atoms with Gasteiger partial charge in [0.1, 0.15) is 13.2 Å². The highest BCUT2D eigenvalue weighted by Gasteiger charge is 2.19. The van der Waals surface area contributed by atoms with E-state index in [1.807, 2.05) is 0 Å². The van der Waals surface area contributed by atoms with Crippen LogP contribution in [0.2, 0.25) is 0 Å². The minimum absolute atomic E-state index is 0.0665. The Hall–Kier alpha value is -1.85. The molecule has 0 heterocycles. The average molecular weight is 833 g/mol. The second-order valence-electron chi connectivity index (χ2n) is 17.8. The Morgan fingerprint density at radius 3 is 0.847 bits per heavy atom. The maximum Gasteiger partial charge on any atom is 0.306 e. The maximum absolute atomic E-state index is 12.7. The van der Waals surface area contributed by atoms with Gasteiger partial charge in [0.2, 0.25) is 0 Å². The number of allylic oxidation sites excluding steroid dienone is 2. The molecule has 0 saturated heterocycles. The van der Waals surface area contributed by atoms with Crippen molar-refractivity contribution in [3.8, 4) is 0 Å². The summed E-state index contributed by atoms with van der Waals surface area (Å²) in [5.74, 6) is -0.867.